The zero-order valence-corrected chi connectivity index (χ0v) is 13.0. The van der Waals surface area contributed by atoms with E-state index in [1.807, 2.05) is 18.2 Å². The number of nitrogens with zero attached hydrogens (tertiary/aromatic N) is 2. The molecule has 18 heavy (non-hydrogen) atoms. The van der Waals surface area contributed by atoms with E-state index in [1.165, 1.54) is 4.68 Å². The molecule has 0 atom stereocenters. The number of carbonyl (C=O) groups excluding carboxylic acids is 1. The number of carbonyl (C=O) groups is 1. The van der Waals surface area contributed by atoms with Gasteiger partial charge in [0, 0.05) is 14.2 Å². The Kier molecular flexibility index (Phi) is 4.23. The zero-order valence-electron chi connectivity index (χ0n) is 9.23. The fraction of sp³-hybridized carbons (Fsp3) is 0.0909. The summed E-state index contributed by atoms with van der Waals surface area (Å²) in [5, 5.41) is 6.77. The van der Waals surface area contributed by atoms with Crippen LogP contribution in [-0.2, 0) is 11.3 Å². The largest absolute Gasteiger partial charge is 0.382 e. The van der Waals surface area contributed by atoms with Crippen LogP contribution in [0, 0.1) is 3.57 Å². The first-order valence-corrected chi connectivity index (χ1v) is 6.95. The number of benzene rings is 1. The number of nitrogens with two attached hydrogens (primary N) is 1. The van der Waals surface area contributed by atoms with Crippen molar-refractivity contribution in [1.82, 2.24) is 9.78 Å². The predicted octanol–water partition coefficient (Wildman–Crippen LogP) is 2.47. The normalized spacial score (nSPS) is 10.3. The number of halogens is 2. The number of amides is 1. The number of anilines is 2. The maximum Gasteiger partial charge on any atom is 0.246 e. The molecule has 0 unspecified atom stereocenters. The summed E-state index contributed by atoms with van der Waals surface area (Å²) in [6.07, 6.45) is 1.67. The minimum Gasteiger partial charge on any atom is -0.382 e. The molecule has 0 spiro atoms. The van der Waals surface area contributed by atoms with Crippen molar-refractivity contribution in [2.24, 2.45) is 0 Å². The summed E-state index contributed by atoms with van der Waals surface area (Å²) in [5.74, 6) is 0.249. The monoisotopic (exact) mass is 420 g/mol. The molecule has 0 radical (unpaired) electrons. The van der Waals surface area contributed by atoms with Crippen LogP contribution in [0.15, 0.2) is 34.9 Å². The molecule has 0 aliphatic heterocycles. The third kappa shape index (κ3) is 3.45. The van der Waals surface area contributed by atoms with Gasteiger partial charge in [-0.2, -0.15) is 5.10 Å². The van der Waals surface area contributed by atoms with Crippen LogP contribution < -0.4 is 11.1 Å². The van der Waals surface area contributed by atoms with E-state index in [-0.39, 0.29) is 12.5 Å². The Morgan fingerprint density at radius 3 is 2.94 bits per heavy atom. The number of nitrogens with one attached hydrogen (secondary N) is 1. The van der Waals surface area contributed by atoms with Crippen LogP contribution in [-0.4, -0.2) is 15.7 Å². The van der Waals surface area contributed by atoms with Crippen molar-refractivity contribution in [2.45, 2.75) is 6.54 Å². The lowest BCUT2D eigenvalue weighted by molar-refractivity contribution is -0.116. The Morgan fingerprint density at radius 2 is 2.28 bits per heavy atom. The van der Waals surface area contributed by atoms with Crippen molar-refractivity contribution < 1.29 is 4.79 Å². The van der Waals surface area contributed by atoms with Crippen molar-refractivity contribution in [3.8, 4) is 0 Å². The Bertz CT molecular complexity index is 584. The van der Waals surface area contributed by atoms with Crippen LogP contribution >= 0.6 is 38.5 Å². The molecule has 0 aliphatic carbocycles. The summed E-state index contributed by atoms with van der Waals surface area (Å²) in [7, 11) is 0. The standard InChI is InChI=1S/C11H10BrIN4O/c12-8-2-1-7(13)5-9(8)15-11(18)6-17-4-3-10(14)16-17/h1-5H,6H2,(H2,14,16)(H,15,18). The van der Waals surface area contributed by atoms with Gasteiger partial charge in [-0.15, -0.1) is 0 Å². The molecule has 0 saturated carbocycles. The molecule has 3 N–H and O–H groups in total. The molecule has 0 bridgehead atoms. The zero-order chi connectivity index (χ0) is 13.1. The van der Waals surface area contributed by atoms with Gasteiger partial charge in [0.15, 0.2) is 0 Å². The third-order valence-corrected chi connectivity index (χ3v) is 3.53. The van der Waals surface area contributed by atoms with Crippen molar-refractivity contribution in [3.05, 3.63) is 38.5 Å². The molecule has 1 amide bonds. The van der Waals surface area contributed by atoms with Gasteiger partial charge in [-0.3, -0.25) is 9.48 Å². The number of nitrogen functional groups attached to an aromatic ring is 1. The van der Waals surface area contributed by atoms with Gasteiger partial charge in [0.2, 0.25) is 5.91 Å². The van der Waals surface area contributed by atoms with Gasteiger partial charge in [0.05, 0.1) is 5.69 Å². The highest BCUT2D eigenvalue weighted by atomic mass is 127. The van der Waals surface area contributed by atoms with Gasteiger partial charge in [0.1, 0.15) is 12.4 Å². The molecule has 1 aromatic carbocycles. The van der Waals surface area contributed by atoms with Crippen LogP contribution in [0.3, 0.4) is 0 Å². The molecular formula is C11H10BrIN4O. The fourth-order valence-electron chi connectivity index (χ4n) is 1.40. The Hall–Kier alpha value is -1.09. The van der Waals surface area contributed by atoms with Crippen LogP contribution in [0.5, 0.6) is 0 Å². The molecule has 1 aromatic heterocycles. The van der Waals surface area contributed by atoms with Crippen molar-refractivity contribution in [2.75, 3.05) is 11.1 Å². The lowest BCUT2D eigenvalue weighted by atomic mass is 10.3. The molecule has 7 heteroatoms. The highest BCUT2D eigenvalue weighted by Gasteiger charge is 2.07. The van der Waals surface area contributed by atoms with E-state index in [0.717, 1.165) is 13.7 Å². The first kappa shape index (κ1) is 13.3. The summed E-state index contributed by atoms with van der Waals surface area (Å²) in [6, 6.07) is 7.38. The van der Waals surface area contributed by atoms with Crippen LogP contribution in [0.2, 0.25) is 0 Å². The Morgan fingerprint density at radius 1 is 1.50 bits per heavy atom. The van der Waals surface area contributed by atoms with E-state index in [9.17, 15) is 4.79 Å². The highest BCUT2D eigenvalue weighted by molar-refractivity contribution is 14.1. The topological polar surface area (TPSA) is 72.9 Å². The summed E-state index contributed by atoms with van der Waals surface area (Å²) in [4.78, 5) is 11.8. The average Bonchev–Trinajstić information content (AvgIpc) is 2.69. The number of rotatable bonds is 3. The molecule has 1 heterocycles. The van der Waals surface area contributed by atoms with Gasteiger partial charge >= 0.3 is 0 Å². The van der Waals surface area contributed by atoms with Crippen LogP contribution in [0.25, 0.3) is 0 Å². The van der Waals surface area contributed by atoms with E-state index in [4.69, 9.17) is 5.73 Å². The van der Waals surface area contributed by atoms with E-state index in [1.54, 1.807) is 12.3 Å². The highest BCUT2D eigenvalue weighted by Crippen LogP contribution is 2.24. The fourth-order valence-corrected chi connectivity index (χ4v) is 2.23. The Balaban J connectivity index is 2.05. The van der Waals surface area contributed by atoms with E-state index in [2.05, 4.69) is 48.9 Å². The number of hydrogen-bond donors (Lipinski definition) is 2. The van der Waals surface area contributed by atoms with Gasteiger partial charge in [-0.05, 0) is 62.8 Å². The molecule has 0 saturated heterocycles. The third-order valence-electron chi connectivity index (χ3n) is 2.17. The molecule has 0 fully saturated rings. The van der Waals surface area contributed by atoms with Crippen molar-refractivity contribution in [3.63, 3.8) is 0 Å². The van der Waals surface area contributed by atoms with Gasteiger partial charge in [-0.1, -0.05) is 0 Å². The lowest BCUT2D eigenvalue weighted by Crippen LogP contribution is -2.19. The number of aromatic nitrogens is 2. The maximum atomic E-state index is 11.8. The second kappa shape index (κ2) is 5.70. The SMILES string of the molecule is Nc1ccn(CC(=O)Nc2cc(I)ccc2Br)n1. The van der Waals surface area contributed by atoms with Crippen LogP contribution in [0.1, 0.15) is 0 Å². The van der Waals surface area contributed by atoms with E-state index >= 15 is 0 Å². The lowest BCUT2D eigenvalue weighted by Gasteiger charge is -2.08. The first-order valence-electron chi connectivity index (χ1n) is 5.08. The average molecular weight is 421 g/mol. The summed E-state index contributed by atoms with van der Waals surface area (Å²) in [6.45, 7) is 0.134. The van der Waals surface area contributed by atoms with Crippen molar-refractivity contribution in [1.29, 1.82) is 0 Å². The van der Waals surface area contributed by atoms with Gasteiger partial charge in [-0.25, -0.2) is 0 Å². The summed E-state index contributed by atoms with van der Waals surface area (Å²) in [5.41, 5.74) is 6.22. The van der Waals surface area contributed by atoms with Crippen LogP contribution in [0.4, 0.5) is 11.5 Å². The quantitative estimate of drug-likeness (QED) is 0.749. The summed E-state index contributed by atoms with van der Waals surface area (Å²) < 4.78 is 3.39. The molecule has 2 aromatic rings. The van der Waals surface area contributed by atoms with E-state index < -0.39 is 0 Å². The minimum atomic E-state index is -0.152. The first-order chi connectivity index (χ1) is 8.54. The number of hydrogen-bond acceptors (Lipinski definition) is 3. The van der Waals surface area contributed by atoms with Gasteiger partial charge in [0.25, 0.3) is 0 Å². The summed E-state index contributed by atoms with van der Waals surface area (Å²) >= 11 is 5.58. The molecule has 5 nitrogen and oxygen atoms in total. The molecule has 94 valence electrons. The van der Waals surface area contributed by atoms with Gasteiger partial charge < -0.3 is 11.1 Å². The molecule has 0 aliphatic rings. The predicted molar refractivity (Wildman–Crippen MR) is 82.1 cm³/mol. The smallest absolute Gasteiger partial charge is 0.246 e. The second-order valence-electron chi connectivity index (χ2n) is 3.61. The van der Waals surface area contributed by atoms with E-state index in [0.29, 0.717) is 5.82 Å². The minimum absolute atomic E-state index is 0.134. The Labute approximate surface area is 126 Å². The molecule has 2 rings (SSSR count). The maximum absolute atomic E-state index is 11.8. The molecular weight excluding hydrogens is 411 g/mol. The van der Waals surface area contributed by atoms with Crippen molar-refractivity contribution >= 4 is 55.9 Å². The second-order valence-corrected chi connectivity index (χ2v) is 5.71.